The molecular formula is C29H40O8. The smallest absolute Gasteiger partial charge is 0.331 e. The quantitative estimate of drug-likeness (QED) is 0.175. The van der Waals surface area contributed by atoms with Crippen LogP contribution in [0.15, 0.2) is 59.8 Å². The zero-order valence-electron chi connectivity index (χ0n) is 22.2. The highest BCUT2D eigenvalue weighted by Gasteiger charge is 2.68. The highest BCUT2D eigenvalue weighted by molar-refractivity contribution is 5.83. The third kappa shape index (κ3) is 5.98. The van der Waals surface area contributed by atoms with Gasteiger partial charge in [-0.3, -0.25) is 0 Å². The molecule has 7 atom stereocenters. The van der Waals surface area contributed by atoms with E-state index >= 15 is 0 Å². The van der Waals surface area contributed by atoms with Crippen molar-refractivity contribution in [2.75, 3.05) is 13.2 Å². The van der Waals surface area contributed by atoms with Crippen LogP contribution in [0.3, 0.4) is 0 Å². The van der Waals surface area contributed by atoms with Gasteiger partial charge in [-0.05, 0) is 45.6 Å². The molecule has 1 saturated heterocycles. The van der Waals surface area contributed by atoms with Crippen molar-refractivity contribution in [3.63, 3.8) is 0 Å². The van der Waals surface area contributed by atoms with Crippen molar-refractivity contribution in [3.8, 4) is 0 Å². The lowest BCUT2D eigenvalue weighted by atomic mass is 9.53. The molecule has 0 aromatic rings. The van der Waals surface area contributed by atoms with Crippen LogP contribution in [-0.2, 0) is 23.8 Å². The Bertz CT molecular complexity index is 1010. The third-order valence-electron chi connectivity index (χ3n) is 8.17. The largest absolute Gasteiger partial charge is 0.462 e. The Hall–Kier alpha value is -2.52. The fraction of sp³-hybridized carbons (Fsp3) is 0.586. The number of carbonyl (C=O) groups excluding carboxylic acids is 2. The van der Waals surface area contributed by atoms with Crippen molar-refractivity contribution < 1.29 is 39.1 Å². The second-order valence-electron chi connectivity index (χ2n) is 10.7. The summed E-state index contributed by atoms with van der Waals surface area (Å²) in [6.45, 7) is 11.7. The Morgan fingerprint density at radius 1 is 1.30 bits per heavy atom. The zero-order chi connectivity index (χ0) is 27.4. The normalized spacial score (nSPS) is 33.3. The highest BCUT2D eigenvalue weighted by atomic mass is 16.6. The van der Waals surface area contributed by atoms with Crippen LogP contribution in [0.2, 0.25) is 0 Å². The molecule has 0 spiro atoms. The molecule has 0 aromatic carbocycles. The monoisotopic (exact) mass is 516 g/mol. The average Bonchev–Trinajstić information content (AvgIpc) is 3.00. The van der Waals surface area contributed by atoms with Crippen LogP contribution in [0.5, 0.6) is 0 Å². The van der Waals surface area contributed by atoms with Crippen molar-refractivity contribution in [1.82, 2.24) is 0 Å². The number of allylic oxidation sites excluding steroid dienone is 3. The van der Waals surface area contributed by atoms with Gasteiger partial charge in [-0.2, -0.15) is 0 Å². The van der Waals surface area contributed by atoms with Gasteiger partial charge >= 0.3 is 11.9 Å². The van der Waals surface area contributed by atoms with Gasteiger partial charge in [-0.1, -0.05) is 49.0 Å². The number of hydrogen-bond acceptors (Lipinski definition) is 8. The molecule has 2 aliphatic carbocycles. The molecule has 2 fully saturated rings. The molecule has 2 bridgehead atoms. The third-order valence-corrected chi connectivity index (χ3v) is 8.17. The van der Waals surface area contributed by atoms with E-state index in [4.69, 9.17) is 19.3 Å². The number of aliphatic hydroxyl groups is 3. The lowest BCUT2D eigenvalue weighted by Gasteiger charge is -2.56. The van der Waals surface area contributed by atoms with Crippen molar-refractivity contribution in [1.29, 1.82) is 0 Å². The second-order valence-corrected chi connectivity index (χ2v) is 10.7. The number of carbonyl (C=O) groups is 2. The predicted octanol–water partition coefficient (Wildman–Crippen LogP) is 3.08. The summed E-state index contributed by atoms with van der Waals surface area (Å²) in [4.78, 5) is 25.3. The second kappa shape index (κ2) is 11.9. The van der Waals surface area contributed by atoms with Crippen LogP contribution < -0.4 is 0 Å². The Balaban J connectivity index is 1.84. The number of hydrogen-bond donors (Lipinski definition) is 3. The minimum Gasteiger partial charge on any atom is -0.462 e. The van der Waals surface area contributed by atoms with E-state index in [0.29, 0.717) is 19.3 Å². The van der Waals surface area contributed by atoms with Gasteiger partial charge in [0.2, 0.25) is 0 Å². The first-order chi connectivity index (χ1) is 17.4. The van der Waals surface area contributed by atoms with E-state index in [1.165, 1.54) is 42.9 Å². The molecule has 8 nitrogen and oxygen atoms in total. The Morgan fingerprint density at radius 2 is 2.03 bits per heavy atom. The fourth-order valence-electron chi connectivity index (χ4n) is 5.67. The Labute approximate surface area is 219 Å². The first-order valence-corrected chi connectivity index (χ1v) is 12.8. The van der Waals surface area contributed by atoms with E-state index in [1.54, 1.807) is 6.92 Å². The molecule has 1 saturated carbocycles. The summed E-state index contributed by atoms with van der Waals surface area (Å²) in [6, 6.07) is 0. The maximum Gasteiger partial charge on any atom is 0.331 e. The van der Waals surface area contributed by atoms with Gasteiger partial charge in [-0.15, -0.1) is 0 Å². The highest BCUT2D eigenvalue weighted by Crippen LogP contribution is 2.65. The van der Waals surface area contributed by atoms with Crippen LogP contribution in [0, 0.1) is 10.8 Å². The molecule has 3 N–H and O–H groups in total. The van der Waals surface area contributed by atoms with Gasteiger partial charge in [-0.25, -0.2) is 9.59 Å². The van der Waals surface area contributed by atoms with E-state index in [-0.39, 0.29) is 25.4 Å². The lowest BCUT2D eigenvalue weighted by molar-refractivity contribution is -0.181. The first kappa shape index (κ1) is 29.0. The minimum atomic E-state index is -1.03. The van der Waals surface area contributed by atoms with Crippen LogP contribution in [0.4, 0.5) is 0 Å². The minimum absolute atomic E-state index is 0.0444. The van der Waals surface area contributed by atoms with Gasteiger partial charge in [0.05, 0.1) is 24.4 Å². The molecular weight excluding hydrogens is 476 g/mol. The Morgan fingerprint density at radius 3 is 2.70 bits per heavy atom. The van der Waals surface area contributed by atoms with Crippen molar-refractivity contribution in [2.24, 2.45) is 10.8 Å². The lowest BCUT2D eigenvalue weighted by Crippen LogP contribution is -2.60. The summed E-state index contributed by atoms with van der Waals surface area (Å²) in [7, 11) is 0. The van der Waals surface area contributed by atoms with Crippen LogP contribution in [0.25, 0.3) is 0 Å². The van der Waals surface area contributed by atoms with Crippen molar-refractivity contribution in [2.45, 2.75) is 83.9 Å². The molecule has 0 amide bonds. The van der Waals surface area contributed by atoms with Crippen LogP contribution in [-0.4, -0.2) is 71.0 Å². The molecule has 1 aliphatic heterocycles. The van der Waals surface area contributed by atoms with E-state index in [0.717, 1.165) is 17.6 Å². The number of ether oxygens (including phenoxy) is 3. The summed E-state index contributed by atoms with van der Waals surface area (Å²) in [6.07, 6.45) is 8.32. The van der Waals surface area contributed by atoms with E-state index in [9.17, 15) is 19.8 Å². The van der Waals surface area contributed by atoms with Gasteiger partial charge in [0.15, 0.2) is 0 Å². The summed E-state index contributed by atoms with van der Waals surface area (Å²) in [5.41, 5.74) is 1.40. The van der Waals surface area contributed by atoms with Crippen LogP contribution >= 0.6 is 0 Å². The summed E-state index contributed by atoms with van der Waals surface area (Å²) in [5, 5.41) is 28.1. The van der Waals surface area contributed by atoms with E-state index in [2.05, 4.69) is 19.6 Å². The van der Waals surface area contributed by atoms with Gasteiger partial charge in [0.25, 0.3) is 0 Å². The summed E-state index contributed by atoms with van der Waals surface area (Å²) >= 11 is 0. The number of rotatable bonds is 10. The molecule has 204 valence electrons. The molecule has 0 unspecified atom stereocenters. The Kier molecular flexibility index (Phi) is 9.34. The summed E-state index contributed by atoms with van der Waals surface area (Å²) < 4.78 is 18.2. The molecule has 3 aliphatic rings. The maximum atomic E-state index is 12.7. The molecule has 0 radical (unpaired) electrons. The molecule has 1 heterocycles. The zero-order valence-corrected chi connectivity index (χ0v) is 22.2. The van der Waals surface area contributed by atoms with Crippen molar-refractivity contribution in [3.05, 3.63) is 59.8 Å². The molecule has 0 aromatic heterocycles. The van der Waals surface area contributed by atoms with Gasteiger partial charge in [0.1, 0.15) is 12.7 Å². The van der Waals surface area contributed by atoms with E-state index in [1.807, 2.05) is 6.92 Å². The van der Waals surface area contributed by atoms with Crippen molar-refractivity contribution >= 4 is 11.9 Å². The van der Waals surface area contributed by atoms with E-state index < -0.39 is 41.1 Å². The van der Waals surface area contributed by atoms with Crippen LogP contribution in [0.1, 0.15) is 53.4 Å². The maximum absolute atomic E-state index is 12.7. The summed E-state index contributed by atoms with van der Waals surface area (Å²) in [5.74, 6) is -1.03. The van der Waals surface area contributed by atoms with Gasteiger partial charge < -0.3 is 29.5 Å². The average molecular weight is 517 g/mol. The standard InChI is InChI=1S/C29H40O8/c1-18-10-12-29(17-35-27(34)15-19(2)11-13-30)25(14-18)36-23-16-24(28(29,5)20(23)3)37-26(33)9-7-6-8-22(32)21(4)31/h6-9,14-15,21-25,30-32H,3,10-13,16-17H2,1-2,4-5H3/b8-6+,9-7-,19-15+/t21-,22-,23-,24+,25+,28-,29+/m0/s1. The number of aliphatic hydroxyl groups excluding tert-OH is 3. The number of esters is 2. The molecule has 8 heteroatoms. The fourth-order valence-corrected chi connectivity index (χ4v) is 5.67. The molecule has 37 heavy (non-hydrogen) atoms. The topological polar surface area (TPSA) is 123 Å². The first-order valence-electron chi connectivity index (χ1n) is 12.8. The SMILES string of the molecule is C=C1[C@@H]2C[C@@H](OC(=O)/C=C\C=C\[C@H](O)[C@H](C)O)[C@@]1(C)[C@@]1(COC(=O)/C=C(\C)CCO)CCC(C)=C[C@H]1O2. The van der Waals surface area contributed by atoms with Gasteiger partial charge in [0, 0.05) is 36.0 Å². The molecule has 3 rings (SSSR count). The number of fused-ring (bicyclic) bond motifs is 4. The predicted molar refractivity (Wildman–Crippen MR) is 138 cm³/mol.